The second-order valence-electron chi connectivity index (χ2n) is 5.77. The van der Waals surface area contributed by atoms with Crippen LogP contribution in [0.4, 0.5) is 11.4 Å². The van der Waals surface area contributed by atoms with Gasteiger partial charge >= 0.3 is 0 Å². The van der Waals surface area contributed by atoms with E-state index >= 15 is 0 Å². The molecule has 2 N–H and O–H groups in total. The Hall–Kier alpha value is -3.30. The van der Waals surface area contributed by atoms with Gasteiger partial charge in [0.2, 0.25) is 11.1 Å². The molecule has 1 heterocycles. The monoisotopic (exact) mass is 415 g/mol. The number of nitro benzene ring substituents is 1. The lowest BCUT2D eigenvalue weighted by Crippen LogP contribution is -2.29. The quantitative estimate of drug-likeness (QED) is 0.345. The second-order valence-corrected chi connectivity index (χ2v) is 6.59. The summed E-state index contributed by atoms with van der Waals surface area (Å²) >= 11 is 11.1. The van der Waals surface area contributed by atoms with Gasteiger partial charge < -0.3 is 10.2 Å². The van der Waals surface area contributed by atoms with E-state index in [1.165, 1.54) is 12.1 Å². The summed E-state index contributed by atoms with van der Waals surface area (Å²) in [6.45, 7) is 0. The number of nitro groups is 1. The van der Waals surface area contributed by atoms with Crippen molar-refractivity contribution in [3.05, 3.63) is 74.9 Å². The third-order valence-electron chi connectivity index (χ3n) is 3.83. The van der Waals surface area contributed by atoms with Crippen LogP contribution in [0.15, 0.2) is 59.2 Å². The molecule has 2 aromatic rings. The summed E-state index contributed by atoms with van der Waals surface area (Å²) in [6.07, 6.45) is 1.61. The molecule has 28 heavy (non-hydrogen) atoms. The fraction of sp³-hybridized carbons (Fsp3) is 0.0556. The lowest BCUT2D eigenvalue weighted by Gasteiger charge is -2.12. The third-order valence-corrected chi connectivity index (χ3v) is 4.26. The molecule has 1 fully saturated rings. The topological polar surface area (TPSA) is 99.9 Å². The zero-order valence-electron chi connectivity index (χ0n) is 14.5. The molecule has 0 aliphatic carbocycles. The van der Waals surface area contributed by atoms with E-state index in [0.717, 1.165) is 0 Å². The molecule has 0 saturated carbocycles. The van der Waals surface area contributed by atoms with Gasteiger partial charge in [-0.1, -0.05) is 17.7 Å². The Morgan fingerprint density at radius 1 is 1.32 bits per heavy atom. The molecule has 0 bridgehead atoms. The summed E-state index contributed by atoms with van der Waals surface area (Å²) in [6, 6.07) is 12.9. The predicted molar refractivity (Wildman–Crippen MR) is 112 cm³/mol. The van der Waals surface area contributed by atoms with Gasteiger partial charge in [0, 0.05) is 29.9 Å². The van der Waals surface area contributed by atoms with Crippen molar-refractivity contribution in [2.45, 2.75) is 0 Å². The first-order chi connectivity index (χ1) is 13.3. The highest BCUT2D eigenvalue weighted by Crippen LogP contribution is 2.19. The van der Waals surface area contributed by atoms with Gasteiger partial charge in [-0.3, -0.25) is 20.2 Å². The van der Waals surface area contributed by atoms with E-state index in [1.54, 1.807) is 54.4 Å². The van der Waals surface area contributed by atoms with Gasteiger partial charge in [-0.2, -0.15) is 4.99 Å². The Kier molecular flexibility index (Phi) is 5.67. The van der Waals surface area contributed by atoms with Gasteiger partial charge in [-0.25, -0.2) is 0 Å². The Morgan fingerprint density at radius 2 is 2.04 bits per heavy atom. The van der Waals surface area contributed by atoms with Crippen LogP contribution in [0, 0.1) is 10.1 Å². The fourth-order valence-corrected chi connectivity index (χ4v) is 2.84. The molecule has 10 heteroatoms. The average Bonchev–Trinajstić information content (AvgIpc) is 2.89. The van der Waals surface area contributed by atoms with E-state index in [4.69, 9.17) is 23.8 Å². The average molecular weight is 416 g/mol. The van der Waals surface area contributed by atoms with Gasteiger partial charge in [0.1, 0.15) is 5.70 Å². The van der Waals surface area contributed by atoms with Crippen LogP contribution in [0.5, 0.6) is 0 Å². The van der Waals surface area contributed by atoms with Crippen molar-refractivity contribution in [3.63, 3.8) is 0 Å². The highest BCUT2D eigenvalue weighted by atomic mass is 35.5. The molecular weight excluding hydrogens is 402 g/mol. The first-order valence-corrected chi connectivity index (χ1v) is 8.78. The maximum Gasteiger partial charge on any atom is 0.274 e. The second kappa shape index (κ2) is 8.15. The van der Waals surface area contributed by atoms with Gasteiger partial charge in [-0.15, -0.1) is 0 Å². The summed E-state index contributed by atoms with van der Waals surface area (Å²) < 4.78 is 0. The van der Waals surface area contributed by atoms with E-state index < -0.39 is 4.92 Å². The number of hydrogen-bond donors (Lipinski definition) is 2. The predicted octanol–water partition coefficient (Wildman–Crippen LogP) is 3.40. The number of guanidine groups is 1. The van der Waals surface area contributed by atoms with Gasteiger partial charge in [0.25, 0.3) is 11.6 Å². The number of nitrogens with one attached hydrogen (secondary N) is 2. The number of benzene rings is 2. The van der Waals surface area contributed by atoms with Crippen LogP contribution in [-0.2, 0) is 4.79 Å². The number of halogens is 1. The number of aliphatic imine (C=N–C) groups is 1. The molecule has 1 amide bonds. The first-order valence-electron chi connectivity index (χ1n) is 8.00. The number of rotatable bonds is 3. The highest BCUT2D eigenvalue weighted by Gasteiger charge is 2.28. The van der Waals surface area contributed by atoms with E-state index in [2.05, 4.69) is 15.6 Å². The molecule has 8 nitrogen and oxygen atoms in total. The fourth-order valence-electron chi connectivity index (χ4n) is 2.45. The van der Waals surface area contributed by atoms with E-state index in [1.807, 2.05) is 0 Å². The number of non-ortho nitro benzene ring substituents is 1. The summed E-state index contributed by atoms with van der Waals surface area (Å²) in [5, 5.41) is 17.0. The van der Waals surface area contributed by atoms with Crippen molar-refractivity contribution in [2.75, 3.05) is 12.4 Å². The molecule has 3 rings (SSSR count). The molecule has 0 radical (unpaired) electrons. The number of thiocarbonyl (C=S) groups is 1. The van der Waals surface area contributed by atoms with Crippen LogP contribution in [0.2, 0.25) is 5.02 Å². The number of carbonyl (C=O) groups is 1. The first kappa shape index (κ1) is 19.5. The van der Waals surface area contributed by atoms with Crippen LogP contribution in [-0.4, -0.2) is 33.9 Å². The molecule has 142 valence electrons. The summed E-state index contributed by atoms with van der Waals surface area (Å²) in [5.41, 5.74) is 1.63. The van der Waals surface area contributed by atoms with Crippen molar-refractivity contribution in [1.29, 1.82) is 0 Å². The molecular formula is C18H14ClN5O3S. The minimum atomic E-state index is -0.482. The van der Waals surface area contributed by atoms with E-state index in [-0.39, 0.29) is 22.7 Å². The minimum absolute atomic E-state index is 0.0222. The Morgan fingerprint density at radius 3 is 2.68 bits per heavy atom. The molecule has 0 aromatic heterocycles. The molecule has 0 unspecified atom stereocenters. The van der Waals surface area contributed by atoms with Crippen LogP contribution >= 0.6 is 23.8 Å². The largest absolute Gasteiger partial charge is 0.331 e. The number of anilines is 1. The molecule has 1 saturated heterocycles. The summed E-state index contributed by atoms with van der Waals surface area (Å²) in [7, 11) is 1.66. The minimum Gasteiger partial charge on any atom is -0.331 e. The number of carbonyl (C=O) groups excluding carboxylic acids is 1. The smallest absolute Gasteiger partial charge is 0.274 e. The maximum absolute atomic E-state index is 12.3. The van der Waals surface area contributed by atoms with Crippen molar-refractivity contribution in [3.8, 4) is 0 Å². The van der Waals surface area contributed by atoms with Crippen LogP contribution in [0.1, 0.15) is 5.56 Å². The zero-order chi connectivity index (χ0) is 20.3. The molecule has 0 atom stereocenters. The number of amides is 1. The normalized spacial score (nSPS) is 16.4. The molecule has 2 aromatic carbocycles. The standard InChI is InChI=1S/C18H14ClN5O3S/c1-23-15(9-11-5-7-14(8-6-11)24(26)27)16(25)21-17(23)22-18(28)20-13-4-2-3-12(19)10-13/h2-10H,1H3,(H2,20,21,22,25,28)/b15-9-. The Bertz CT molecular complexity index is 1020. The van der Waals surface area contributed by atoms with E-state index in [0.29, 0.717) is 22.0 Å². The third kappa shape index (κ3) is 4.51. The molecule has 0 spiro atoms. The van der Waals surface area contributed by atoms with Crippen LogP contribution in [0.25, 0.3) is 6.08 Å². The summed E-state index contributed by atoms with van der Waals surface area (Å²) in [4.78, 5) is 28.3. The van der Waals surface area contributed by atoms with Gasteiger partial charge in [0.15, 0.2) is 0 Å². The number of hydrogen-bond acceptors (Lipinski definition) is 4. The number of nitrogens with zero attached hydrogens (tertiary/aromatic N) is 3. The number of likely N-dealkylation sites (N-methyl/N-ethyl adjacent to an activating group) is 1. The SMILES string of the molecule is CN1C(=NC(=S)Nc2cccc(Cl)c2)NC(=O)/C1=C/c1ccc([N+](=O)[O-])cc1. The van der Waals surface area contributed by atoms with Crippen molar-refractivity contribution >= 4 is 58.2 Å². The van der Waals surface area contributed by atoms with Crippen molar-refractivity contribution in [2.24, 2.45) is 4.99 Å². The molecule has 1 aliphatic rings. The van der Waals surface area contributed by atoms with E-state index in [9.17, 15) is 14.9 Å². The zero-order valence-corrected chi connectivity index (χ0v) is 16.1. The lowest BCUT2D eigenvalue weighted by atomic mass is 10.1. The van der Waals surface area contributed by atoms with Crippen LogP contribution < -0.4 is 10.6 Å². The highest BCUT2D eigenvalue weighted by molar-refractivity contribution is 7.80. The Labute approximate surface area is 170 Å². The maximum atomic E-state index is 12.3. The summed E-state index contributed by atoms with van der Waals surface area (Å²) in [5.74, 6) is -0.0946. The van der Waals surface area contributed by atoms with Crippen molar-refractivity contribution in [1.82, 2.24) is 10.2 Å². The lowest BCUT2D eigenvalue weighted by molar-refractivity contribution is -0.384. The van der Waals surface area contributed by atoms with Crippen molar-refractivity contribution < 1.29 is 9.72 Å². The van der Waals surface area contributed by atoms with Gasteiger partial charge in [-0.05, 0) is 54.2 Å². The Balaban J connectivity index is 1.76. The van der Waals surface area contributed by atoms with Gasteiger partial charge in [0.05, 0.1) is 4.92 Å². The van der Waals surface area contributed by atoms with Crippen LogP contribution in [0.3, 0.4) is 0 Å². The molecule has 1 aliphatic heterocycles.